The highest BCUT2D eigenvalue weighted by atomic mass is 35.5. The number of halogens is 1. The molecule has 1 aromatic heterocycles. The number of fused-ring (bicyclic) bond motifs is 1. The minimum Gasteiger partial charge on any atom is -0.370 e. The van der Waals surface area contributed by atoms with Crippen LogP contribution in [0.15, 0.2) is 48.8 Å². The molecule has 1 aliphatic carbocycles. The van der Waals surface area contributed by atoms with Gasteiger partial charge in [-0.15, -0.1) is 12.4 Å². The fourth-order valence-electron chi connectivity index (χ4n) is 2.58. The summed E-state index contributed by atoms with van der Waals surface area (Å²) in [6.45, 7) is 0. The van der Waals surface area contributed by atoms with Gasteiger partial charge in [-0.05, 0) is 36.1 Å². The summed E-state index contributed by atoms with van der Waals surface area (Å²) in [5, 5.41) is 0. The van der Waals surface area contributed by atoms with Crippen molar-refractivity contribution in [2.75, 3.05) is 11.9 Å². The van der Waals surface area contributed by atoms with Gasteiger partial charge in [-0.2, -0.15) is 0 Å². The van der Waals surface area contributed by atoms with Crippen molar-refractivity contribution in [2.45, 2.75) is 18.9 Å². The molecule has 1 heterocycles. The summed E-state index contributed by atoms with van der Waals surface area (Å²) in [7, 11) is 2.16. The lowest BCUT2D eigenvalue weighted by molar-refractivity contribution is 0.666. The van der Waals surface area contributed by atoms with E-state index in [9.17, 15) is 0 Å². The van der Waals surface area contributed by atoms with Gasteiger partial charge < -0.3 is 4.90 Å². The summed E-state index contributed by atoms with van der Waals surface area (Å²) >= 11 is 0. The summed E-state index contributed by atoms with van der Waals surface area (Å²) in [5.41, 5.74) is 4.19. The van der Waals surface area contributed by atoms with Crippen molar-refractivity contribution in [1.82, 2.24) is 4.98 Å². The van der Waals surface area contributed by atoms with E-state index in [1.54, 1.807) is 0 Å². The zero-order chi connectivity index (χ0) is 11.7. The van der Waals surface area contributed by atoms with E-state index >= 15 is 0 Å². The third-order valence-electron chi connectivity index (χ3n) is 3.63. The van der Waals surface area contributed by atoms with E-state index in [0.717, 1.165) is 12.8 Å². The minimum absolute atomic E-state index is 0. The Bertz CT molecular complexity index is 488. The van der Waals surface area contributed by atoms with Gasteiger partial charge in [-0.3, -0.25) is 4.98 Å². The van der Waals surface area contributed by atoms with Crippen LogP contribution in [-0.4, -0.2) is 18.1 Å². The van der Waals surface area contributed by atoms with Gasteiger partial charge in [0.1, 0.15) is 0 Å². The predicted octanol–water partition coefficient (Wildman–Crippen LogP) is 3.11. The highest BCUT2D eigenvalue weighted by Crippen LogP contribution is 2.27. The number of anilines is 1. The zero-order valence-electron chi connectivity index (χ0n) is 10.4. The van der Waals surface area contributed by atoms with Crippen LogP contribution in [0.2, 0.25) is 0 Å². The lowest BCUT2D eigenvalue weighted by Crippen LogP contribution is -2.32. The molecule has 0 fully saturated rings. The molecule has 0 saturated heterocycles. The highest BCUT2D eigenvalue weighted by molar-refractivity contribution is 5.85. The van der Waals surface area contributed by atoms with Gasteiger partial charge in [0.05, 0.1) is 11.9 Å². The molecule has 0 saturated carbocycles. The number of likely N-dealkylation sites (N-methyl/N-ethyl adjacent to an activating group) is 1. The van der Waals surface area contributed by atoms with E-state index in [-0.39, 0.29) is 12.4 Å². The van der Waals surface area contributed by atoms with Crippen LogP contribution < -0.4 is 4.90 Å². The predicted molar refractivity (Wildman–Crippen MR) is 77.5 cm³/mol. The average molecular weight is 261 g/mol. The van der Waals surface area contributed by atoms with Crippen LogP contribution in [0.3, 0.4) is 0 Å². The Balaban J connectivity index is 0.00000120. The number of benzene rings is 1. The first kappa shape index (κ1) is 12.9. The van der Waals surface area contributed by atoms with Gasteiger partial charge in [-0.1, -0.05) is 24.3 Å². The van der Waals surface area contributed by atoms with Crippen LogP contribution in [0.5, 0.6) is 0 Å². The molecule has 1 aliphatic rings. The first-order valence-corrected chi connectivity index (χ1v) is 6.04. The largest absolute Gasteiger partial charge is 0.370 e. The van der Waals surface area contributed by atoms with Crippen LogP contribution in [0, 0.1) is 0 Å². The summed E-state index contributed by atoms with van der Waals surface area (Å²) < 4.78 is 0. The molecule has 2 aromatic rings. The monoisotopic (exact) mass is 260 g/mol. The van der Waals surface area contributed by atoms with Gasteiger partial charge in [-0.25, -0.2) is 0 Å². The molecule has 0 aliphatic heterocycles. The van der Waals surface area contributed by atoms with Crippen LogP contribution in [0.25, 0.3) is 0 Å². The molecule has 0 spiro atoms. The van der Waals surface area contributed by atoms with Crippen LogP contribution in [0.4, 0.5) is 5.69 Å². The van der Waals surface area contributed by atoms with Crippen LogP contribution in [-0.2, 0) is 12.8 Å². The second-order valence-electron chi connectivity index (χ2n) is 4.65. The topological polar surface area (TPSA) is 16.1 Å². The summed E-state index contributed by atoms with van der Waals surface area (Å²) in [4.78, 5) is 6.52. The Morgan fingerprint density at radius 1 is 1.06 bits per heavy atom. The number of nitrogens with zero attached hydrogens (tertiary/aromatic N) is 2. The van der Waals surface area contributed by atoms with Crippen molar-refractivity contribution in [2.24, 2.45) is 0 Å². The molecule has 0 atom stereocenters. The molecule has 0 amide bonds. The van der Waals surface area contributed by atoms with Crippen molar-refractivity contribution in [3.63, 3.8) is 0 Å². The number of hydrogen-bond acceptors (Lipinski definition) is 2. The SMILES string of the molecule is CN(c1cccnc1)C1Cc2ccccc2C1.Cl. The van der Waals surface area contributed by atoms with E-state index in [2.05, 4.69) is 47.3 Å². The maximum atomic E-state index is 4.18. The Labute approximate surface area is 114 Å². The first-order valence-electron chi connectivity index (χ1n) is 6.04. The molecule has 3 heteroatoms. The minimum atomic E-state index is 0. The summed E-state index contributed by atoms with van der Waals surface area (Å²) in [5.74, 6) is 0. The van der Waals surface area contributed by atoms with Crippen molar-refractivity contribution in [1.29, 1.82) is 0 Å². The van der Waals surface area contributed by atoms with E-state index in [1.165, 1.54) is 16.8 Å². The van der Waals surface area contributed by atoms with E-state index in [4.69, 9.17) is 0 Å². The highest BCUT2D eigenvalue weighted by Gasteiger charge is 2.24. The van der Waals surface area contributed by atoms with Gasteiger partial charge in [0.25, 0.3) is 0 Å². The van der Waals surface area contributed by atoms with E-state index < -0.39 is 0 Å². The molecule has 0 bridgehead atoms. The maximum Gasteiger partial charge on any atom is 0.0552 e. The Hall–Kier alpha value is -1.54. The van der Waals surface area contributed by atoms with Crippen LogP contribution in [0.1, 0.15) is 11.1 Å². The number of hydrogen-bond donors (Lipinski definition) is 0. The molecule has 94 valence electrons. The van der Waals surface area contributed by atoms with Gasteiger partial charge >= 0.3 is 0 Å². The lowest BCUT2D eigenvalue weighted by atomic mass is 10.1. The molecular formula is C15H17ClN2. The van der Waals surface area contributed by atoms with Gasteiger partial charge in [0.15, 0.2) is 0 Å². The third-order valence-corrected chi connectivity index (χ3v) is 3.63. The third kappa shape index (κ3) is 2.34. The molecule has 2 nitrogen and oxygen atoms in total. The quantitative estimate of drug-likeness (QED) is 0.825. The Morgan fingerprint density at radius 2 is 1.72 bits per heavy atom. The summed E-state index contributed by atoms with van der Waals surface area (Å²) in [6.07, 6.45) is 6.03. The van der Waals surface area contributed by atoms with Crippen molar-refractivity contribution < 1.29 is 0 Å². The molecule has 0 unspecified atom stereocenters. The Morgan fingerprint density at radius 3 is 2.28 bits per heavy atom. The smallest absolute Gasteiger partial charge is 0.0552 e. The molecule has 0 radical (unpaired) electrons. The molecule has 3 rings (SSSR count). The molecule has 1 aromatic carbocycles. The normalized spacial score (nSPS) is 13.8. The van der Waals surface area contributed by atoms with Crippen LogP contribution >= 0.6 is 12.4 Å². The van der Waals surface area contributed by atoms with Gasteiger partial charge in [0.2, 0.25) is 0 Å². The lowest BCUT2D eigenvalue weighted by Gasteiger charge is -2.26. The fraction of sp³-hybridized carbons (Fsp3) is 0.267. The number of pyridine rings is 1. The molecule has 18 heavy (non-hydrogen) atoms. The average Bonchev–Trinajstić information content (AvgIpc) is 2.82. The van der Waals surface area contributed by atoms with Crippen molar-refractivity contribution >= 4 is 18.1 Å². The number of rotatable bonds is 2. The second kappa shape index (κ2) is 5.40. The number of aromatic nitrogens is 1. The Kier molecular flexibility index (Phi) is 3.87. The molecular weight excluding hydrogens is 244 g/mol. The summed E-state index contributed by atoms with van der Waals surface area (Å²) in [6, 6.07) is 13.4. The van der Waals surface area contributed by atoms with E-state index in [0.29, 0.717) is 6.04 Å². The zero-order valence-corrected chi connectivity index (χ0v) is 11.2. The fourth-order valence-corrected chi connectivity index (χ4v) is 2.58. The standard InChI is InChI=1S/C15H16N2.ClH/c1-17(14-7-4-8-16-11-14)15-9-12-5-2-3-6-13(12)10-15;/h2-8,11,15H,9-10H2,1H3;1H. The van der Waals surface area contributed by atoms with Crippen molar-refractivity contribution in [3.05, 3.63) is 59.9 Å². The van der Waals surface area contributed by atoms with E-state index in [1.807, 2.05) is 18.5 Å². The maximum absolute atomic E-state index is 4.18. The second-order valence-corrected chi connectivity index (χ2v) is 4.65. The molecule has 0 N–H and O–H groups in total. The van der Waals surface area contributed by atoms with Crippen molar-refractivity contribution in [3.8, 4) is 0 Å². The van der Waals surface area contributed by atoms with Gasteiger partial charge in [0, 0.05) is 19.3 Å². The first-order chi connectivity index (χ1) is 8.34.